The number of rotatable bonds is 6. The van der Waals surface area contributed by atoms with Gasteiger partial charge in [-0.25, -0.2) is 14.5 Å². The first kappa shape index (κ1) is 30.9. The van der Waals surface area contributed by atoms with Gasteiger partial charge >= 0.3 is 18.2 Å². The lowest BCUT2D eigenvalue weighted by Gasteiger charge is -2.33. The third-order valence-corrected chi connectivity index (χ3v) is 6.46. The number of carbonyl (C=O) groups is 2. The van der Waals surface area contributed by atoms with Crippen LogP contribution in [0.25, 0.3) is 5.65 Å². The van der Waals surface area contributed by atoms with E-state index in [1.165, 1.54) is 9.42 Å². The van der Waals surface area contributed by atoms with Crippen molar-refractivity contribution in [2.24, 2.45) is 0 Å². The number of ether oxygens (including phenoxy) is 3. The van der Waals surface area contributed by atoms with E-state index < -0.39 is 23.4 Å². The molecule has 1 N–H and O–H groups in total. The van der Waals surface area contributed by atoms with Crippen LogP contribution in [-0.4, -0.2) is 72.2 Å². The van der Waals surface area contributed by atoms with E-state index in [4.69, 9.17) is 14.2 Å². The summed E-state index contributed by atoms with van der Waals surface area (Å²) < 4.78 is 19.1. The number of hydrogen-bond donors (Lipinski definition) is 1. The molecule has 42 heavy (non-hydrogen) atoms. The highest BCUT2D eigenvalue weighted by Gasteiger charge is 2.32. The monoisotopic (exact) mass is 582 g/mol. The van der Waals surface area contributed by atoms with E-state index in [0.29, 0.717) is 30.7 Å². The Balaban J connectivity index is 1.74. The highest BCUT2D eigenvalue weighted by atomic mass is 16.6. The van der Waals surface area contributed by atoms with Crippen LogP contribution >= 0.6 is 0 Å². The van der Waals surface area contributed by atoms with Crippen LogP contribution in [0.4, 0.5) is 15.5 Å². The molecule has 0 spiro atoms. The zero-order chi connectivity index (χ0) is 30.8. The predicted molar refractivity (Wildman–Crippen MR) is 157 cm³/mol. The van der Waals surface area contributed by atoms with Crippen molar-refractivity contribution in [2.45, 2.75) is 98.0 Å². The normalized spacial score (nSPS) is 16.0. The van der Waals surface area contributed by atoms with E-state index in [0.717, 1.165) is 12.0 Å². The van der Waals surface area contributed by atoms with Gasteiger partial charge in [0.15, 0.2) is 5.65 Å². The first-order valence-corrected chi connectivity index (χ1v) is 14.3. The summed E-state index contributed by atoms with van der Waals surface area (Å²) in [5.41, 5.74) is 0.417. The van der Waals surface area contributed by atoms with Gasteiger partial charge in [-0.1, -0.05) is 32.0 Å². The zero-order valence-electron chi connectivity index (χ0n) is 25.7. The Morgan fingerprint density at radius 2 is 1.76 bits per heavy atom. The molecule has 12 heteroatoms. The van der Waals surface area contributed by atoms with Gasteiger partial charge < -0.3 is 24.2 Å². The van der Waals surface area contributed by atoms with Crippen molar-refractivity contribution in [3.05, 3.63) is 41.6 Å². The molecule has 228 valence electrons. The smallest absolute Gasteiger partial charge is 0.417 e. The summed E-state index contributed by atoms with van der Waals surface area (Å²) in [6.45, 7) is 15.7. The molecule has 0 bridgehead atoms. The van der Waals surface area contributed by atoms with Crippen molar-refractivity contribution in [3.63, 3.8) is 0 Å². The molecule has 1 aliphatic heterocycles. The standard InChI is InChI=1S/C30H42N6O6/c1-19(2)22-16-31-36-24(22)32-25(40-21-13-11-15-34(18-21)27(38)41-29(3,4)5)33-26(36)35(28(39)42-30(6,7)8)17-20-12-9-10-14-23(20)37/h9-10,12,14,16,19,21,37H,11,13,15,17-18H2,1-8H3. The minimum absolute atomic E-state index is 0.0283. The number of piperidine rings is 1. The molecule has 2 aromatic heterocycles. The first-order chi connectivity index (χ1) is 19.6. The molecule has 0 radical (unpaired) electrons. The average molecular weight is 583 g/mol. The van der Waals surface area contributed by atoms with Gasteiger partial charge in [0.1, 0.15) is 23.1 Å². The highest BCUT2D eigenvalue weighted by molar-refractivity contribution is 5.86. The number of nitrogens with zero attached hydrogens (tertiary/aromatic N) is 6. The third-order valence-electron chi connectivity index (χ3n) is 6.46. The van der Waals surface area contributed by atoms with Gasteiger partial charge in [0.2, 0.25) is 5.95 Å². The molecular weight excluding hydrogens is 540 g/mol. The molecule has 3 aromatic rings. The number of fused-ring (bicyclic) bond motifs is 1. The Hall–Kier alpha value is -4.09. The van der Waals surface area contributed by atoms with Crippen molar-refractivity contribution in [1.82, 2.24) is 24.5 Å². The number of phenols is 1. The van der Waals surface area contributed by atoms with Crippen molar-refractivity contribution in [3.8, 4) is 11.8 Å². The minimum atomic E-state index is -0.792. The van der Waals surface area contributed by atoms with E-state index in [1.54, 1.807) is 56.1 Å². The van der Waals surface area contributed by atoms with Crippen molar-refractivity contribution in [2.75, 3.05) is 18.0 Å². The zero-order valence-corrected chi connectivity index (χ0v) is 25.7. The summed E-state index contributed by atoms with van der Waals surface area (Å²) in [6.07, 6.45) is 1.64. The molecular formula is C30H42N6O6. The van der Waals surface area contributed by atoms with Gasteiger partial charge in [0, 0.05) is 17.7 Å². The van der Waals surface area contributed by atoms with Crippen LogP contribution in [0.2, 0.25) is 0 Å². The topological polar surface area (TPSA) is 132 Å². The SMILES string of the molecule is CC(C)c1cnn2c(N(Cc3ccccc3O)C(=O)OC(C)(C)C)nc(OC3CCCN(C(=O)OC(C)(C)C)C3)nc12. The van der Waals surface area contributed by atoms with Crippen molar-refractivity contribution in [1.29, 1.82) is 0 Å². The Morgan fingerprint density at radius 3 is 2.40 bits per heavy atom. The fraction of sp³-hybridized carbons (Fsp3) is 0.567. The molecule has 1 atom stereocenters. The molecule has 3 heterocycles. The molecule has 0 saturated carbocycles. The maximum Gasteiger partial charge on any atom is 0.417 e. The van der Waals surface area contributed by atoms with Crippen molar-refractivity contribution < 1.29 is 28.9 Å². The van der Waals surface area contributed by atoms with E-state index in [2.05, 4.69) is 15.1 Å². The maximum atomic E-state index is 13.6. The van der Waals surface area contributed by atoms with Gasteiger partial charge in [0.05, 0.1) is 19.3 Å². The lowest BCUT2D eigenvalue weighted by molar-refractivity contribution is 0.00657. The average Bonchev–Trinajstić information content (AvgIpc) is 3.30. The number of aromatic nitrogens is 4. The second kappa shape index (κ2) is 12.0. The number of anilines is 1. The molecule has 1 aromatic carbocycles. The van der Waals surface area contributed by atoms with Crippen LogP contribution in [0.15, 0.2) is 30.5 Å². The Morgan fingerprint density at radius 1 is 1.07 bits per heavy atom. The second-order valence-electron chi connectivity index (χ2n) is 12.8. The molecule has 2 amide bonds. The van der Waals surface area contributed by atoms with Crippen LogP contribution in [-0.2, 0) is 16.0 Å². The first-order valence-electron chi connectivity index (χ1n) is 14.3. The van der Waals surface area contributed by atoms with Gasteiger partial charge in [-0.2, -0.15) is 19.6 Å². The second-order valence-corrected chi connectivity index (χ2v) is 12.8. The summed E-state index contributed by atoms with van der Waals surface area (Å²) in [6, 6.07) is 6.80. The summed E-state index contributed by atoms with van der Waals surface area (Å²) in [7, 11) is 0. The van der Waals surface area contributed by atoms with Crippen LogP contribution in [0, 0.1) is 0 Å². The van der Waals surface area contributed by atoms with Crippen LogP contribution < -0.4 is 9.64 Å². The van der Waals surface area contributed by atoms with Gasteiger partial charge in [-0.3, -0.25) is 0 Å². The van der Waals surface area contributed by atoms with E-state index >= 15 is 0 Å². The van der Waals surface area contributed by atoms with Gasteiger partial charge in [0.25, 0.3) is 0 Å². The predicted octanol–water partition coefficient (Wildman–Crippen LogP) is 5.67. The molecule has 0 aliphatic carbocycles. The lowest BCUT2D eigenvalue weighted by atomic mass is 10.1. The maximum absolute atomic E-state index is 13.6. The summed E-state index contributed by atoms with van der Waals surface area (Å²) in [4.78, 5) is 38.6. The van der Waals surface area contributed by atoms with Crippen molar-refractivity contribution >= 4 is 23.8 Å². The van der Waals surface area contributed by atoms with Crippen LogP contribution in [0.1, 0.15) is 85.3 Å². The highest BCUT2D eigenvalue weighted by Crippen LogP contribution is 2.29. The number of likely N-dealkylation sites (tertiary alicyclic amines) is 1. The quantitative estimate of drug-likeness (QED) is 0.390. The van der Waals surface area contributed by atoms with E-state index in [-0.39, 0.29) is 36.3 Å². The lowest BCUT2D eigenvalue weighted by Crippen LogP contribution is -2.46. The number of para-hydroxylation sites is 1. The fourth-order valence-electron chi connectivity index (χ4n) is 4.52. The Labute approximate surface area is 246 Å². The summed E-state index contributed by atoms with van der Waals surface area (Å²) >= 11 is 0. The van der Waals surface area contributed by atoms with E-state index in [1.807, 2.05) is 34.6 Å². The number of carbonyl (C=O) groups excluding carboxylic acids is 2. The van der Waals surface area contributed by atoms with Crippen LogP contribution in [0.3, 0.4) is 0 Å². The minimum Gasteiger partial charge on any atom is -0.508 e. The third kappa shape index (κ3) is 7.59. The summed E-state index contributed by atoms with van der Waals surface area (Å²) in [5, 5.41) is 15.0. The number of hydrogen-bond acceptors (Lipinski definition) is 9. The number of phenolic OH excluding ortho intramolecular Hbond substituents is 1. The van der Waals surface area contributed by atoms with Crippen LogP contribution in [0.5, 0.6) is 11.8 Å². The van der Waals surface area contributed by atoms with Gasteiger partial charge in [-0.15, -0.1) is 0 Å². The Kier molecular flexibility index (Phi) is 8.84. The largest absolute Gasteiger partial charge is 0.508 e. The molecule has 1 fully saturated rings. The number of aromatic hydroxyl groups is 1. The molecule has 1 aliphatic rings. The Bertz CT molecular complexity index is 1420. The van der Waals surface area contributed by atoms with Gasteiger partial charge in [-0.05, 0) is 66.4 Å². The molecule has 12 nitrogen and oxygen atoms in total. The number of benzene rings is 1. The number of amides is 2. The molecule has 1 saturated heterocycles. The van der Waals surface area contributed by atoms with E-state index in [9.17, 15) is 14.7 Å². The fourth-order valence-corrected chi connectivity index (χ4v) is 4.52. The summed E-state index contributed by atoms with van der Waals surface area (Å²) in [5.74, 6) is 0.225. The molecule has 4 rings (SSSR count). The molecule has 1 unspecified atom stereocenters.